The van der Waals surface area contributed by atoms with Crippen molar-refractivity contribution >= 4 is 0 Å². The van der Waals surface area contributed by atoms with E-state index in [0.717, 1.165) is 6.54 Å². The minimum Gasteiger partial charge on any atom is -0.324 e. The molecule has 1 saturated carbocycles. The van der Waals surface area contributed by atoms with Crippen LogP contribution in [0.3, 0.4) is 0 Å². The van der Waals surface area contributed by atoms with E-state index in [1.165, 1.54) is 45.4 Å². The molecule has 1 saturated heterocycles. The molecular weight excluding hydrogens is 186 g/mol. The van der Waals surface area contributed by atoms with Gasteiger partial charge in [0.15, 0.2) is 0 Å². The van der Waals surface area contributed by atoms with Crippen LogP contribution >= 0.6 is 0 Å². The lowest BCUT2D eigenvalue weighted by Gasteiger charge is -2.46. The second-order valence-electron chi connectivity index (χ2n) is 5.43. The second kappa shape index (κ2) is 4.40. The zero-order valence-corrected chi connectivity index (χ0v) is 10.2. The van der Waals surface area contributed by atoms with Gasteiger partial charge in [0.25, 0.3) is 0 Å². The fraction of sp³-hybridized carbons (Fsp3) is 1.00. The zero-order chi connectivity index (χ0) is 10.9. The van der Waals surface area contributed by atoms with Gasteiger partial charge in [-0.25, -0.2) is 0 Å². The molecule has 0 spiro atoms. The normalized spacial score (nSPS) is 32.6. The van der Waals surface area contributed by atoms with Crippen molar-refractivity contribution in [1.82, 2.24) is 9.80 Å². The minimum absolute atomic E-state index is 0.161. The van der Waals surface area contributed by atoms with E-state index in [2.05, 4.69) is 23.6 Å². The molecule has 1 unspecified atom stereocenters. The average molecular weight is 211 g/mol. The third-order valence-corrected chi connectivity index (χ3v) is 4.14. The highest BCUT2D eigenvalue weighted by Gasteiger charge is 2.35. The summed E-state index contributed by atoms with van der Waals surface area (Å²) in [7, 11) is 0. The first-order valence-electron chi connectivity index (χ1n) is 6.38. The summed E-state index contributed by atoms with van der Waals surface area (Å²) in [5, 5.41) is 0. The van der Waals surface area contributed by atoms with Gasteiger partial charge in [0, 0.05) is 37.8 Å². The fourth-order valence-corrected chi connectivity index (χ4v) is 2.92. The Bertz CT molecular complexity index is 213. The molecule has 3 heteroatoms. The highest BCUT2D eigenvalue weighted by Crippen LogP contribution is 2.30. The Balaban J connectivity index is 1.80. The Hall–Kier alpha value is -0.120. The summed E-state index contributed by atoms with van der Waals surface area (Å²) in [6, 6.07) is 0.701. The van der Waals surface area contributed by atoms with E-state index in [9.17, 15) is 0 Å². The van der Waals surface area contributed by atoms with E-state index >= 15 is 0 Å². The summed E-state index contributed by atoms with van der Waals surface area (Å²) in [5.41, 5.74) is 6.45. The summed E-state index contributed by atoms with van der Waals surface area (Å²) in [6.07, 6.45) is 3.80. The quantitative estimate of drug-likeness (QED) is 0.752. The van der Waals surface area contributed by atoms with Gasteiger partial charge >= 0.3 is 0 Å². The molecule has 0 aromatic heterocycles. The van der Waals surface area contributed by atoms with Crippen molar-refractivity contribution in [3.63, 3.8) is 0 Å². The molecule has 1 atom stereocenters. The number of hydrogen-bond acceptors (Lipinski definition) is 3. The Morgan fingerprint density at radius 1 is 1.33 bits per heavy atom. The van der Waals surface area contributed by atoms with Crippen molar-refractivity contribution in [3.05, 3.63) is 0 Å². The summed E-state index contributed by atoms with van der Waals surface area (Å²) in [6.45, 7) is 10.5. The van der Waals surface area contributed by atoms with Gasteiger partial charge in [-0.15, -0.1) is 0 Å². The lowest BCUT2D eigenvalue weighted by Crippen LogP contribution is -2.60. The third kappa shape index (κ3) is 2.52. The van der Waals surface area contributed by atoms with Gasteiger partial charge in [0.2, 0.25) is 0 Å². The molecule has 1 aliphatic heterocycles. The van der Waals surface area contributed by atoms with Crippen LogP contribution in [-0.2, 0) is 0 Å². The minimum atomic E-state index is 0.161. The lowest BCUT2D eigenvalue weighted by atomic mass is 9.77. The van der Waals surface area contributed by atoms with E-state index in [0.29, 0.717) is 6.04 Å². The van der Waals surface area contributed by atoms with Gasteiger partial charge < -0.3 is 5.73 Å². The van der Waals surface area contributed by atoms with Crippen molar-refractivity contribution in [3.8, 4) is 0 Å². The highest BCUT2D eigenvalue weighted by molar-refractivity contribution is 4.96. The van der Waals surface area contributed by atoms with Crippen LogP contribution in [0.2, 0.25) is 0 Å². The van der Waals surface area contributed by atoms with Crippen LogP contribution < -0.4 is 5.73 Å². The molecule has 15 heavy (non-hydrogen) atoms. The monoisotopic (exact) mass is 211 g/mol. The average Bonchev–Trinajstić information content (AvgIpc) is 2.16. The van der Waals surface area contributed by atoms with Crippen LogP contribution in [0.25, 0.3) is 0 Å². The van der Waals surface area contributed by atoms with Gasteiger partial charge in [-0.3, -0.25) is 9.80 Å². The first-order valence-corrected chi connectivity index (χ1v) is 6.38. The van der Waals surface area contributed by atoms with Gasteiger partial charge in [-0.05, 0) is 32.7 Å². The number of hydrogen-bond donors (Lipinski definition) is 1. The van der Waals surface area contributed by atoms with Gasteiger partial charge in [0.05, 0.1) is 0 Å². The standard InChI is InChI=1S/C12H25N3/c1-3-15-8-7-14(9-11(15)2)10-12(13)5-4-6-12/h11H,3-10,13H2,1-2H3. The number of likely N-dealkylation sites (N-methyl/N-ethyl adjacent to an activating group) is 1. The van der Waals surface area contributed by atoms with Crippen LogP contribution in [-0.4, -0.2) is 54.1 Å². The predicted molar refractivity (Wildman–Crippen MR) is 63.9 cm³/mol. The summed E-state index contributed by atoms with van der Waals surface area (Å²) in [5.74, 6) is 0. The van der Waals surface area contributed by atoms with Crippen LogP contribution in [0, 0.1) is 0 Å². The molecule has 2 N–H and O–H groups in total. The zero-order valence-electron chi connectivity index (χ0n) is 10.2. The summed E-state index contributed by atoms with van der Waals surface area (Å²) >= 11 is 0. The number of piperazine rings is 1. The number of nitrogens with zero attached hydrogens (tertiary/aromatic N) is 2. The maximum atomic E-state index is 6.29. The lowest BCUT2D eigenvalue weighted by molar-refractivity contribution is 0.0562. The molecule has 0 aromatic rings. The molecule has 1 heterocycles. The molecule has 0 amide bonds. The maximum absolute atomic E-state index is 6.29. The molecule has 0 aromatic carbocycles. The van der Waals surface area contributed by atoms with E-state index in [-0.39, 0.29) is 5.54 Å². The van der Waals surface area contributed by atoms with Crippen molar-refractivity contribution in [2.45, 2.75) is 44.7 Å². The van der Waals surface area contributed by atoms with E-state index in [1.54, 1.807) is 0 Å². The Morgan fingerprint density at radius 3 is 2.53 bits per heavy atom. The first kappa shape index (κ1) is 11.4. The maximum Gasteiger partial charge on any atom is 0.0283 e. The summed E-state index contributed by atoms with van der Waals surface area (Å²) < 4.78 is 0. The predicted octanol–water partition coefficient (Wildman–Crippen LogP) is 0.894. The largest absolute Gasteiger partial charge is 0.324 e. The molecule has 88 valence electrons. The molecule has 2 aliphatic rings. The van der Waals surface area contributed by atoms with Crippen LogP contribution in [0.15, 0.2) is 0 Å². The Labute approximate surface area is 93.6 Å². The van der Waals surface area contributed by atoms with Gasteiger partial charge in [-0.1, -0.05) is 6.92 Å². The van der Waals surface area contributed by atoms with Crippen molar-refractivity contribution in [2.24, 2.45) is 5.73 Å². The molecule has 0 bridgehead atoms. The Morgan fingerprint density at radius 2 is 2.07 bits per heavy atom. The second-order valence-corrected chi connectivity index (χ2v) is 5.43. The van der Waals surface area contributed by atoms with Crippen molar-refractivity contribution in [2.75, 3.05) is 32.7 Å². The van der Waals surface area contributed by atoms with Crippen LogP contribution in [0.4, 0.5) is 0 Å². The van der Waals surface area contributed by atoms with Gasteiger partial charge in [-0.2, -0.15) is 0 Å². The first-order chi connectivity index (χ1) is 7.13. The van der Waals surface area contributed by atoms with Crippen molar-refractivity contribution < 1.29 is 0 Å². The van der Waals surface area contributed by atoms with Gasteiger partial charge in [0.1, 0.15) is 0 Å². The smallest absolute Gasteiger partial charge is 0.0283 e. The molecular formula is C12H25N3. The van der Waals surface area contributed by atoms with Crippen LogP contribution in [0.1, 0.15) is 33.1 Å². The number of rotatable bonds is 3. The third-order valence-electron chi connectivity index (χ3n) is 4.14. The van der Waals surface area contributed by atoms with Crippen molar-refractivity contribution in [1.29, 1.82) is 0 Å². The number of nitrogens with two attached hydrogens (primary N) is 1. The molecule has 2 rings (SSSR count). The SMILES string of the molecule is CCN1CCN(CC2(N)CCC2)CC1C. The fourth-order valence-electron chi connectivity index (χ4n) is 2.92. The molecule has 0 radical (unpaired) electrons. The highest BCUT2D eigenvalue weighted by atomic mass is 15.3. The Kier molecular flexibility index (Phi) is 3.33. The van der Waals surface area contributed by atoms with E-state index < -0.39 is 0 Å². The van der Waals surface area contributed by atoms with Crippen LogP contribution in [0.5, 0.6) is 0 Å². The summed E-state index contributed by atoms with van der Waals surface area (Å²) in [4.78, 5) is 5.12. The topological polar surface area (TPSA) is 32.5 Å². The molecule has 2 fully saturated rings. The van der Waals surface area contributed by atoms with E-state index in [4.69, 9.17) is 5.73 Å². The van der Waals surface area contributed by atoms with E-state index in [1.807, 2.05) is 0 Å². The molecule has 3 nitrogen and oxygen atoms in total. The molecule has 1 aliphatic carbocycles.